The van der Waals surface area contributed by atoms with E-state index in [2.05, 4.69) is 15.1 Å². The van der Waals surface area contributed by atoms with Crippen LogP contribution in [0.3, 0.4) is 0 Å². The van der Waals surface area contributed by atoms with Crippen molar-refractivity contribution in [2.45, 2.75) is 38.0 Å². The van der Waals surface area contributed by atoms with Crippen molar-refractivity contribution in [3.8, 4) is 28.5 Å². The van der Waals surface area contributed by atoms with Gasteiger partial charge in [-0.25, -0.2) is 9.97 Å². The van der Waals surface area contributed by atoms with Crippen molar-refractivity contribution < 1.29 is 44.6 Å². The number of rotatable bonds is 3. The van der Waals surface area contributed by atoms with Crippen LogP contribution in [0.4, 0.5) is 39.5 Å². The zero-order chi connectivity index (χ0) is 29.1. The van der Waals surface area contributed by atoms with Gasteiger partial charge in [0.05, 0.1) is 52.1 Å². The van der Waals surface area contributed by atoms with E-state index in [1.54, 1.807) is 0 Å². The quantitative estimate of drug-likeness (QED) is 0.286. The number of benzene rings is 2. The minimum absolute atomic E-state index is 0.0333. The largest absolute Gasteiger partial charge is 0.417 e. The maximum absolute atomic E-state index is 14.6. The molecule has 0 spiro atoms. The predicted octanol–water partition coefficient (Wildman–Crippen LogP) is 6.61. The fourth-order valence-corrected chi connectivity index (χ4v) is 4.01. The number of fused-ring (bicyclic) bond motifs is 1. The molecule has 15 heteroatoms. The summed E-state index contributed by atoms with van der Waals surface area (Å²) in [6, 6.07) is 3.59. The molecule has 2 aromatic carbocycles. The van der Waals surface area contributed by atoms with Crippen LogP contribution < -0.4 is 0 Å². The van der Waals surface area contributed by atoms with E-state index in [1.807, 2.05) is 0 Å². The molecule has 0 saturated heterocycles. The molecule has 0 saturated carbocycles. The van der Waals surface area contributed by atoms with Crippen LogP contribution in [-0.4, -0.2) is 24.7 Å². The van der Waals surface area contributed by atoms with E-state index in [1.165, 1.54) is 19.9 Å². The second-order valence-corrected chi connectivity index (χ2v) is 8.80. The summed E-state index contributed by atoms with van der Waals surface area (Å²) in [5.41, 5.74) is -13.6. The summed E-state index contributed by atoms with van der Waals surface area (Å²) in [5.74, 6) is -0.340. The highest BCUT2D eigenvalue weighted by atomic mass is 19.4. The van der Waals surface area contributed by atoms with Crippen molar-refractivity contribution in [1.29, 1.82) is 5.26 Å². The third-order valence-corrected chi connectivity index (χ3v) is 5.67. The number of hydrogen-bond donors (Lipinski definition) is 1. The number of aliphatic hydroxyl groups is 1. The van der Waals surface area contributed by atoms with Crippen molar-refractivity contribution in [2.24, 2.45) is 0 Å². The van der Waals surface area contributed by atoms with Crippen molar-refractivity contribution in [2.75, 3.05) is 0 Å². The van der Waals surface area contributed by atoms with Gasteiger partial charge in [-0.1, -0.05) is 12.1 Å². The van der Waals surface area contributed by atoms with Crippen molar-refractivity contribution >= 4 is 5.78 Å². The van der Waals surface area contributed by atoms with Crippen molar-refractivity contribution in [1.82, 2.24) is 19.6 Å². The Hall–Kier alpha value is -4.19. The monoisotopic (exact) mass is 559 g/mol. The van der Waals surface area contributed by atoms with Gasteiger partial charge in [0.15, 0.2) is 0 Å². The summed E-state index contributed by atoms with van der Waals surface area (Å²) < 4.78 is 128. The van der Waals surface area contributed by atoms with E-state index in [0.717, 1.165) is 16.9 Å². The number of aromatic nitrogens is 4. The Morgan fingerprint density at radius 1 is 0.821 bits per heavy atom. The van der Waals surface area contributed by atoms with Crippen LogP contribution in [0.2, 0.25) is 0 Å². The Morgan fingerprint density at radius 2 is 1.44 bits per heavy atom. The highest BCUT2D eigenvalue weighted by Gasteiger charge is 2.46. The summed E-state index contributed by atoms with van der Waals surface area (Å²) in [4.78, 5) is 7.79. The molecule has 0 unspecified atom stereocenters. The minimum Gasteiger partial charge on any atom is -0.384 e. The number of hydrogen-bond acceptors (Lipinski definition) is 5. The molecule has 0 atom stereocenters. The van der Waals surface area contributed by atoms with E-state index < -0.39 is 68.8 Å². The average Bonchev–Trinajstić information content (AvgIpc) is 3.23. The number of imidazole rings is 1. The molecule has 1 N–H and O–H groups in total. The lowest BCUT2D eigenvalue weighted by Gasteiger charge is -2.24. The Bertz CT molecular complexity index is 1620. The molecule has 0 aliphatic heterocycles. The zero-order valence-corrected chi connectivity index (χ0v) is 19.6. The van der Waals surface area contributed by atoms with Gasteiger partial charge in [-0.15, -0.1) is 0 Å². The highest BCUT2D eigenvalue weighted by molar-refractivity contribution is 5.86. The molecule has 4 rings (SSSR count). The number of halogens is 9. The van der Waals surface area contributed by atoms with E-state index in [4.69, 9.17) is 0 Å². The SMILES string of the molecule is CC(C)(O)c1cnn2c(-c3ccc(C(F)(F)F)c(-c4c(C#N)cccc4C(F)(F)F)c3C(F)(F)F)cnc2n1. The van der Waals surface area contributed by atoms with E-state index in [-0.39, 0.29) is 17.5 Å². The standard InChI is InChI=1S/C24H14F9N5O/c1-21(2,39)16-10-36-38-15(9-35-20(38)37-16)12-6-7-14(23(28,29)30)18(19(12)24(31,32)33)17-11(8-34)4-3-5-13(17)22(25,26)27/h3-7,9-10,39H,1-2H3. The van der Waals surface area contributed by atoms with Gasteiger partial charge in [0.1, 0.15) is 5.60 Å². The van der Waals surface area contributed by atoms with Crippen molar-refractivity contribution in [3.05, 3.63) is 70.7 Å². The van der Waals surface area contributed by atoms with E-state index in [0.29, 0.717) is 24.3 Å². The molecule has 4 aromatic rings. The molecular formula is C24H14F9N5O. The van der Waals surface area contributed by atoms with Gasteiger partial charge in [0, 0.05) is 16.7 Å². The third-order valence-electron chi connectivity index (χ3n) is 5.67. The van der Waals surface area contributed by atoms with Gasteiger partial charge >= 0.3 is 18.5 Å². The normalized spacial score (nSPS) is 13.1. The Morgan fingerprint density at radius 3 is 1.97 bits per heavy atom. The molecule has 0 aliphatic carbocycles. The summed E-state index contributed by atoms with van der Waals surface area (Å²) in [5, 5.41) is 23.4. The van der Waals surface area contributed by atoms with Crippen LogP contribution in [0.25, 0.3) is 28.2 Å². The van der Waals surface area contributed by atoms with Crippen LogP contribution in [0, 0.1) is 11.3 Å². The molecule has 2 aromatic heterocycles. The zero-order valence-electron chi connectivity index (χ0n) is 19.6. The second-order valence-electron chi connectivity index (χ2n) is 8.80. The van der Waals surface area contributed by atoms with Crippen LogP contribution in [0.15, 0.2) is 42.7 Å². The lowest BCUT2D eigenvalue weighted by Crippen LogP contribution is -2.20. The van der Waals surface area contributed by atoms with Crippen LogP contribution >= 0.6 is 0 Å². The average molecular weight is 559 g/mol. The Kier molecular flexibility index (Phi) is 6.38. The first kappa shape index (κ1) is 27.8. The van der Waals surface area contributed by atoms with Crippen molar-refractivity contribution in [3.63, 3.8) is 0 Å². The maximum Gasteiger partial charge on any atom is 0.417 e. The van der Waals surface area contributed by atoms with Crippen LogP contribution in [-0.2, 0) is 24.1 Å². The van der Waals surface area contributed by atoms with Gasteiger partial charge in [-0.2, -0.15) is 54.4 Å². The summed E-state index contributed by atoms with van der Waals surface area (Å²) in [7, 11) is 0. The van der Waals surface area contributed by atoms with Gasteiger partial charge in [0.25, 0.3) is 5.78 Å². The molecule has 0 radical (unpaired) electrons. The first-order chi connectivity index (χ1) is 17.9. The lowest BCUT2D eigenvalue weighted by molar-refractivity contribution is -0.143. The highest BCUT2D eigenvalue weighted by Crippen LogP contribution is 2.51. The molecule has 6 nitrogen and oxygen atoms in total. The van der Waals surface area contributed by atoms with E-state index >= 15 is 0 Å². The second kappa shape index (κ2) is 8.94. The predicted molar refractivity (Wildman–Crippen MR) is 117 cm³/mol. The van der Waals surface area contributed by atoms with Crippen LogP contribution in [0.5, 0.6) is 0 Å². The minimum atomic E-state index is -5.65. The molecule has 0 aliphatic rings. The van der Waals surface area contributed by atoms with Gasteiger partial charge in [0.2, 0.25) is 0 Å². The van der Waals surface area contributed by atoms with Gasteiger partial charge < -0.3 is 5.11 Å². The molecule has 39 heavy (non-hydrogen) atoms. The van der Waals surface area contributed by atoms with Gasteiger partial charge in [-0.3, -0.25) is 0 Å². The Labute approximate surface area is 213 Å². The Balaban J connectivity index is 2.20. The third kappa shape index (κ3) is 4.99. The molecule has 204 valence electrons. The number of nitrogens with zero attached hydrogens (tertiary/aromatic N) is 5. The molecule has 0 amide bonds. The van der Waals surface area contributed by atoms with Gasteiger partial charge in [-0.05, 0) is 32.0 Å². The fourth-order valence-electron chi connectivity index (χ4n) is 4.01. The lowest BCUT2D eigenvalue weighted by atomic mass is 9.84. The molecule has 2 heterocycles. The number of alkyl halides is 9. The molecule has 0 bridgehead atoms. The molecular weight excluding hydrogens is 545 g/mol. The summed E-state index contributed by atoms with van der Waals surface area (Å²) in [6.07, 6.45) is -14.8. The number of nitriles is 1. The summed E-state index contributed by atoms with van der Waals surface area (Å²) >= 11 is 0. The van der Waals surface area contributed by atoms with Crippen LogP contribution in [0.1, 0.15) is 41.8 Å². The first-order valence-corrected chi connectivity index (χ1v) is 10.7. The maximum atomic E-state index is 14.6. The topological polar surface area (TPSA) is 87.1 Å². The smallest absolute Gasteiger partial charge is 0.384 e. The summed E-state index contributed by atoms with van der Waals surface area (Å²) in [6.45, 7) is 2.68. The fraction of sp³-hybridized carbons (Fsp3) is 0.250. The first-order valence-electron chi connectivity index (χ1n) is 10.7. The molecule has 0 fully saturated rings. The van der Waals surface area contributed by atoms with E-state index in [9.17, 15) is 49.9 Å².